The van der Waals surface area contributed by atoms with E-state index in [4.69, 9.17) is 5.73 Å². The third-order valence-electron chi connectivity index (χ3n) is 5.29. The van der Waals surface area contributed by atoms with Crippen molar-refractivity contribution in [2.75, 3.05) is 13.6 Å². The molecule has 0 spiro atoms. The van der Waals surface area contributed by atoms with Gasteiger partial charge in [-0.25, -0.2) is 9.67 Å². The maximum absolute atomic E-state index is 11.7. The lowest BCUT2D eigenvalue weighted by Crippen LogP contribution is -2.26. The van der Waals surface area contributed by atoms with Gasteiger partial charge < -0.3 is 15.7 Å². The number of carbonyl (C=O) groups excluding carboxylic acids is 1. The molecule has 1 aliphatic carbocycles. The summed E-state index contributed by atoms with van der Waals surface area (Å²) < 4.78 is 1.69. The molecule has 0 radical (unpaired) electrons. The molecule has 1 aliphatic heterocycles. The van der Waals surface area contributed by atoms with Crippen molar-refractivity contribution in [1.82, 2.24) is 19.7 Å². The highest BCUT2D eigenvalue weighted by Crippen LogP contribution is 2.29. The third-order valence-corrected chi connectivity index (χ3v) is 5.29. The van der Waals surface area contributed by atoms with E-state index in [1.54, 1.807) is 23.0 Å². The van der Waals surface area contributed by atoms with Gasteiger partial charge in [-0.1, -0.05) is 18.4 Å². The highest BCUT2D eigenvalue weighted by atomic mass is 16.3. The van der Waals surface area contributed by atoms with Gasteiger partial charge >= 0.3 is 0 Å². The van der Waals surface area contributed by atoms with Gasteiger partial charge in [-0.3, -0.25) is 4.79 Å². The molecule has 0 saturated carbocycles. The lowest BCUT2D eigenvalue weighted by molar-refractivity contribution is 0.0994. The summed E-state index contributed by atoms with van der Waals surface area (Å²) in [6, 6.07) is 3.58. The lowest BCUT2D eigenvalue weighted by atomic mass is 10.0. The van der Waals surface area contributed by atoms with Crippen LogP contribution in [0.15, 0.2) is 30.6 Å². The quantitative estimate of drug-likeness (QED) is 0.769. The molecule has 27 heavy (non-hydrogen) atoms. The first-order chi connectivity index (χ1) is 12.9. The molecular weight excluding hydrogens is 342 g/mol. The van der Waals surface area contributed by atoms with Crippen LogP contribution in [0.1, 0.15) is 40.2 Å². The second kappa shape index (κ2) is 6.25. The molecule has 7 nitrogen and oxygen atoms in total. The molecule has 1 saturated heterocycles. The number of likely N-dealkylation sites (tertiary alicyclic amines) is 1. The summed E-state index contributed by atoms with van der Waals surface area (Å²) in [5.41, 5.74) is 7.80. The zero-order valence-electron chi connectivity index (χ0n) is 15.2. The first-order valence-electron chi connectivity index (χ1n) is 8.92. The fraction of sp³-hybridized carbons (Fsp3) is 0.350. The van der Waals surface area contributed by atoms with Crippen molar-refractivity contribution < 1.29 is 9.90 Å². The van der Waals surface area contributed by atoms with Crippen LogP contribution in [0.25, 0.3) is 5.82 Å². The Kier molecular flexibility index (Phi) is 4.01. The Morgan fingerprint density at radius 3 is 2.96 bits per heavy atom. The molecule has 0 aromatic carbocycles. The number of nitrogens with two attached hydrogens (primary N) is 1. The lowest BCUT2D eigenvalue weighted by Gasteiger charge is -2.19. The number of hydrogen-bond acceptors (Lipinski definition) is 5. The van der Waals surface area contributed by atoms with Gasteiger partial charge in [0, 0.05) is 37.3 Å². The number of aromatic nitrogens is 3. The van der Waals surface area contributed by atoms with Crippen LogP contribution in [0, 0.1) is 11.8 Å². The van der Waals surface area contributed by atoms with E-state index in [0.717, 1.165) is 37.1 Å². The van der Waals surface area contributed by atoms with Gasteiger partial charge in [0.05, 0.1) is 11.4 Å². The predicted molar refractivity (Wildman–Crippen MR) is 100 cm³/mol. The van der Waals surface area contributed by atoms with Gasteiger partial charge in [0.25, 0.3) is 5.91 Å². The summed E-state index contributed by atoms with van der Waals surface area (Å²) in [6.07, 6.45) is 4.78. The summed E-state index contributed by atoms with van der Waals surface area (Å²) in [4.78, 5) is 18.0. The molecule has 0 bridgehead atoms. The Morgan fingerprint density at radius 1 is 1.44 bits per heavy atom. The van der Waals surface area contributed by atoms with Crippen LogP contribution in [-0.4, -0.2) is 49.9 Å². The fourth-order valence-electron chi connectivity index (χ4n) is 3.67. The van der Waals surface area contributed by atoms with Gasteiger partial charge in [-0.05, 0) is 31.4 Å². The largest absolute Gasteiger partial charge is 0.375 e. The summed E-state index contributed by atoms with van der Waals surface area (Å²) in [6.45, 7) is 4.65. The number of carbonyl (C=O) groups is 1. The van der Waals surface area contributed by atoms with Crippen molar-refractivity contribution in [3.8, 4) is 17.7 Å². The van der Waals surface area contributed by atoms with Gasteiger partial charge in [0.2, 0.25) is 0 Å². The van der Waals surface area contributed by atoms with Crippen molar-refractivity contribution in [2.45, 2.75) is 31.3 Å². The molecule has 3 N–H and O–H groups in total. The topological polar surface area (TPSA) is 97.3 Å². The molecule has 2 aromatic rings. The predicted octanol–water partition coefficient (Wildman–Crippen LogP) is 0.787. The molecule has 1 fully saturated rings. The second-order valence-electron chi connectivity index (χ2n) is 7.03. The minimum atomic E-state index is -1.20. The van der Waals surface area contributed by atoms with Gasteiger partial charge in [-0.2, -0.15) is 5.10 Å². The van der Waals surface area contributed by atoms with E-state index in [0.29, 0.717) is 29.2 Å². The van der Waals surface area contributed by atoms with Crippen LogP contribution < -0.4 is 5.73 Å². The highest BCUT2D eigenvalue weighted by molar-refractivity contribution is 5.92. The average Bonchev–Trinajstić information content (AvgIpc) is 3.32. The van der Waals surface area contributed by atoms with E-state index in [1.165, 1.54) is 0 Å². The standard InChI is InChI=1S/C20H21N5O2/c1-13-20(27,9-11-24(13)2)8-6-14-7-10-22-17(12-14)25-16-5-3-4-15(16)18(23-25)19(21)26/h7,10,12,27H,1,3-5,9,11H2,2H3,(H2,21,26). The van der Waals surface area contributed by atoms with Gasteiger partial charge in [0.15, 0.2) is 17.1 Å². The van der Waals surface area contributed by atoms with Crippen LogP contribution in [0.3, 0.4) is 0 Å². The molecule has 1 amide bonds. The number of hydrogen-bond donors (Lipinski definition) is 2. The number of aliphatic hydroxyl groups is 1. The van der Waals surface area contributed by atoms with E-state index in [2.05, 4.69) is 28.5 Å². The van der Waals surface area contributed by atoms with E-state index >= 15 is 0 Å². The van der Waals surface area contributed by atoms with E-state index in [1.807, 2.05) is 11.9 Å². The second-order valence-corrected chi connectivity index (χ2v) is 7.03. The van der Waals surface area contributed by atoms with Crippen molar-refractivity contribution in [2.24, 2.45) is 5.73 Å². The third kappa shape index (κ3) is 2.88. The Balaban J connectivity index is 1.70. The van der Waals surface area contributed by atoms with Crippen LogP contribution >= 0.6 is 0 Å². The SMILES string of the molecule is C=C1N(C)CCC1(O)C#Cc1ccnc(-n2nc(C(N)=O)c3c2CCC3)c1. The molecule has 7 heteroatoms. The number of rotatable bonds is 2. The number of amides is 1. The monoisotopic (exact) mass is 363 g/mol. The zero-order valence-corrected chi connectivity index (χ0v) is 15.2. The molecule has 138 valence electrons. The van der Waals surface area contributed by atoms with Crippen LogP contribution in [0.4, 0.5) is 0 Å². The van der Waals surface area contributed by atoms with Crippen molar-refractivity contribution in [1.29, 1.82) is 0 Å². The Labute approximate surface area is 157 Å². The maximum Gasteiger partial charge on any atom is 0.269 e. The summed E-state index contributed by atoms with van der Waals surface area (Å²) >= 11 is 0. The van der Waals surface area contributed by atoms with Gasteiger partial charge in [-0.15, -0.1) is 0 Å². The first-order valence-corrected chi connectivity index (χ1v) is 8.92. The number of nitrogens with zero attached hydrogens (tertiary/aromatic N) is 4. The molecule has 3 heterocycles. The summed E-state index contributed by atoms with van der Waals surface area (Å²) in [5.74, 6) is 6.03. The van der Waals surface area contributed by atoms with Crippen molar-refractivity contribution in [3.05, 3.63) is 53.1 Å². The molecule has 1 unspecified atom stereocenters. The minimum absolute atomic E-state index is 0.320. The Bertz CT molecular complexity index is 1010. The molecular formula is C20H21N5O2. The molecule has 1 atom stereocenters. The Morgan fingerprint density at radius 2 is 2.26 bits per heavy atom. The maximum atomic E-state index is 11.7. The van der Waals surface area contributed by atoms with Crippen molar-refractivity contribution >= 4 is 5.91 Å². The summed E-state index contributed by atoms with van der Waals surface area (Å²) in [7, 11) is 1.89. The van der Waals surface area contributed by atoms with Crippen LogP contribution in [-0.2, 0) is 12.8 Å². The zero-order chi connectivity index (χ0) is 19.2. The van der Waals surface area contributed by atoms with Crippen LogP contribution in [0.5, 0.6) is 0 Å². The molecule has 2 aliphatic rings. The fourth-order valence-corrected chi connectivity index (χ4v) is 3.67. The van der Waals surface area contributed by atoms with Crippen LogP contribution in [0.2, 0.25) is 0 Å². The number of primary amides is 1. The highest BCUT2D eigenvalue weighted by Gasteiger charge is 2.36. The normalized spacial score (nSPS) is 21.1. The van der Waals surface area contributed by atoms with Crippen molar-refractivity contribution in [3.63, 3.8) is 0 Å². The number of likely N-dealkylation sites (N-methyl/N-ethyl adjacent to an activating group) is 1. The summed E-state index contributed by atoms with van der Waals surface area (Å²) in [5, 5.41) is 15.0. The first kappa shape index (κ1) is 17.3. The smallest absolute Gasteiger partial charge is 0.269 e. The van der Waals surface area contributed by atoms with E-state index in [9.17, 15) is 9.90 Å². The number of fused-ring (bicyclic) bond motifs is 1. The average molecular weight is 363 g/mol. The van der Waals surface area contributed by atoms with Gasteiger partial charge in [0.1, 0.15) is 0 Å². The molecule has 2 aromatic heterocycles. The Hall–Kier alpha value is -3.11. The van der Waals surface area contributed by atoms with E-state index in [-0.39, 0.29) is 0 Å². The minimum Gasteiger partial charge on any atom is -0.375 e. The number of pyridine rings is 1. The van der Waals surface area contributed by atoms with E-state index < -0.39 is 11.5 Å². The molecule has 4 rings (SSSR count).